The molecular formula is C12H10F3NO4. The fraction of sp³-hybridized carbons (Fsp3) is 0.333. The Morgan fingerprint density at radius 2 is 1.75 bits per heavy atom. The molecule has 0 radical (unpaired) electrons. The molecule has 5 nitrogen and oxygen atoms in total. The predicted octanol–water partition coefficient (Wildman–Crippen LogP) is 0.764. The molecule has 1 aromatic rings. The van der Waals surface area contributed by atoms with E-state index in [1.807, 2.05) is 0 Å². The van der Waals surface area contributed by atoms with Crippen molar-refractivity contribution < 1.29 is 33.0 Å². The number of amides is 1. The van der Waals surface area contributed by atoms with Crippen molar-refractivity contribution in [3.63, 3.8) is 0 Å². The highest BCUT2D eigenvalue weighted by Crippen LogP contribution is 2.24. The van der Waals surface area contributed by atoms with Gasteiger partial charge in [0.05, 0.1) is 6.10 Å². The minimum atomic E-state index is -1.42. The molecule has 1 aliphatic heterocycles. The maximum atomic E-state index is 13.5. The number of β-amino-alcohol motifs (C(OH)–C–C–N with tert-alkyl or cyclic N) is 1. The Kier molecular flexibility index (Phi) is 3.67. The van der Waals surface area contributed by atoms with Crippen LogP contribution in [0.15, 0.2) is 12.1 Å². The maximum absolute atomic E-state index is 13.5. The zero-order chi connectivity index (χ0) is 15.0. The summed E-state index contributed by atoms with van der Waals surface area (Å²) in [5.74, 6) is -6.65. The number of carboxylic acid groups (broad SMARTS) is 1. The molecule has 0 saturated carbocycles. The number of likely N-dealkylation sites (tertiary alicyclic amines) is 1. The van der Waals surface area contributed by atoms with Crippen molar-refractivity contribution in [2.45, 2.75) is 18.6 Å². The van der Waals surface area contributed by atoms with Crippen molar-refractivity contribution >= 4 is 11.9 Å². The van der Waals surface area contributed by atoms with Crippen molar-refractivity contribution in [1.82, 2.24) is 4.90 Å². The van der Waals surface area contributed by atoms with Crippen molar-refractivity contribution in [2.24, 2.45) is 0 Å². The molecule has 0 unspecified atom stereocenters. The van der Waals surface area contributed by atoms with Crippen LogP contribution in [0.5, 0.6) is 0 Å². The number of rotatable bonds is 2. The average molecular weight is 289 g/mol. The molecule has 108 valence electrons. The molecule has 1 fully saturated rings. The molecule has 1 aliphatic rings. The molecule has 2 rings (SSSR count). The van der Waals surface area contributed by atoms with E-state index in [9.17, 15) is 27.9 Å². The van der Waals surface area contributed by atoms with Crippen LogP contribution in [-0.4, -0.2) is 45.7 Å². The highest BCUT2D eigenvalue weighted by atomic mass is 19.1. The van der Waals surface area contributed by atoms with E-state index in [4.69, 9.17) is 5.11 Å². The van der Waals surface area contributed by atoms with Gasteiger partial charge >= 0.3 is 5.97 Å². The summed E-state index contributed by atoms with van der Waals surface area (Å²) in [4.78, 5) is 23.6. The van der Waals surface area contributed by atoms with Crippen molar-refractivity contribution in [2.75, 3.05) is 6.54 Å². The first-order valence-corrected chi connectivity index (χ1v) is 5.67. The van der Waals surface area contributed by atoms with Gasteiger partial charge in [0, 0.05) is 25.1 Å². The van der Waals surface area contributed by atoms with Gasteiger partial charge in [0.15, 0.2) is 0 Å². The van der Waals surface area contributed by atoms with Gasteiger partial charge < -0.3 is 15.1 Å². The lowest BCUT2D eigenvalue weighted by Crippen LogP contribution is -2.41. The Labute approximate surface area is 111 Å². The van der Waals surface area contributed by atoms with Crippen LogP contribution in [0, 0.1) is 17.5 Å². The molecule has 0 spiro atoms. The van der Waals surface area contributed by atoms with E-state index in [-0.39, 0.29) is 13.0 Å². The molecular weight excluding hydrogens is 279 g/mol. The zero-order valence-corrected chi connectivity index (χ0v) is 10.0. The standard InChI is InChI=1S/C12H10F3NO4/c13-5-1-7(14)10(8(15)2-5)11(18)16-4-6(17)3-9(16)12(19)20/h1-2,6,9,17H,3-4H2,(H,19,20)/t6-,9+/m1/s1. The number of carbonyl (C=O) groups excluding carboxylic acids is 1. The van der Waals surface area contributed by atoms with Gasteiger partial charge in [-0.25, -0.2) is 18.0 Å². The van der Waals surface area contributed by atoms with Crippen molar-refractivity contribution in [3.05, 3.63) is 35.1 Å². The molecule has 0 bridgehead atoms. The molecule has 20 heavy (non-hydrogen) atoms. The maximum Gasteiger partial charge on any atom is 0.326 e. The summed E-state index contributed by atoms with van der Waals surface area (Å²) in [6, 6.07) is -0.710. The number of halogens is 3. The van der Waals surface area contributed by atoms with Gasteiger partial charge in [0.1, 0.15) is 29.1 Å². The number of carbonyl (C=O) groups is 2. The molecule has 1 aromatic carbocycles. The molecule has 2 atom stereocenters. The summed E-state index contributed by atoms with van der Waals surface area (Å²) in [7, 11) is 0. The van der Waals surface area contributed by atoms with Crippen LogP contribution in [0.4, 0.5) is 13.2 Å². The lowest BCUT2D eigenvalue weighted by molar-refractivity contribution is -0.141. The number of aliphatic hydroxyl groups is 1. The van der Waals surface area contributed by atoms with Gasteiger partial charge in [-0.05, 0) is 0 Å². The molecule has 2 N–H and O–H groups in total. The lowest BCUT2D eigenvalue weighted by Gasteiger charge is -2.21. The van der Waals surface area contributed by atoms with Gasteiger partial charge in [-0.1, -0.05) is 0 Å². The van der Waals surface area contributed by atoms with E-state index in [0.29, 0.717) is 17.0 Å². The monoisotopic (exact) mass is 289 g/mol. The fourth-order valence-electron chi connectivity index (χ4n) is 2.16. The number of hydrogen-bond acceptors (Lipinski definition) is 3. The van der Waals surface area contributed by atoms with E-state index >= 15 is 0 Å². The number of nitrogens with zero attached hydrogens (tertiary/aromatic N) is 1. The van der Waals surface area contributed by atoms with Crippen molar-refractivity contribution in [3.8, 4) is 0 Å². The van der Waals surface area contributed by atoms with Crippen LogP contribution in [0.2, 0.25) is 0 Å². The summed E-state index contributed by atoms with van der Waals surface area (Å²) in [6.45, 7) is -0.355. The molecule has 1 heterocycles. The van der Waals surface area contributed by atoms with Crippen LogP contribution in [0.1, 0.15) is 16.8 Å². The quantitative estimate of drug-likeness (QED) is 0.842. The van der Waals surface area contributed by atoms with Gasteiger partial charge in [-0.15, -0.1) is 0 Å². The normalized spacial score (nSPS) is 22.1. The minimum Gasteiger partial charge on any atom is -0.480 e. The van der Waals surface area contributed by atoms with E-state index in [2.05, 4.69) is 0 Å². The predicted molar refractivity (Wildman–Crippen MR) is 59.4 cm³/mol. The SMILES string of the molecule is O=C(O)[C@@H]1C[C@@H](O)CN1C(=O)c1c(F)cc(F)cc1F. The number of hydrogen-bond donors (Lipinski definition) is 2. The molecule has 1 saturated heterocycles. The van der Waals surface area contributed by atoms with Gasteiger partial charge in [-0.3, -0.25) is 4.79 Å². The third-order valence-corrected chi connectivity index (χ3v) is 3.05. The smallest absolute Gasteiger partial charge is 0.326 e. The average Bonchev–Trinajstić information content (AvgIpc) is 2.70. The molecule has 0 aromatic heterocycles. The topological polar surface area (TPSA) is 77.8 Å². The summed E-state index contributed by atoms with van der Waals surface area (Å²) in [5.41, 5.74) is -1.04. The number of aliphatic carboxylic acids is 1. The third-order valence-electron chi connectivity index (χ3n) is 3.05. The summed E-state index contributed by atoms with van der Waals surface area (Å²) in [5, 5.41) is 18.3. The Balaban J connectivity index is 2.39. The lowest BCUT2D eigenvalue weighted by atomic mass is 10.1. The number of carboxylic acids is 1. The third kappa shape index (κ3) is 2.46. The molecule has 8 heteroatoms. The van der Waals surface area contributed by atoms with Crippen LogP contribution >= 0.6 is 0 Å². The van der Waals surface area contributed by atoms with Crippen LogP contribution in [-0.2, 0) is 4.79 Å². The van der Waals surface area contributed by atoms with Gasteiger partial charge in [-0.2, -0.15) is 0 Å². The van der Waals surface area contributed by atoms with Gasteiger partial charge in [0.25, 0.3) is 5.91 Å². The van der Waals surface area contributed by atoms with Crippen molar-refractivity contribution in [1.29, 1.82) is 0 Å². The Morgan fingerprint density at radius 1 is 1.20 bits per heavy atom. The first kappa shape index (κ1) is 14.3. The fourth-order valence-corrected chi connectivity index (χ4v) is 2.16. The van der Waals surface area contributed by atoms with E-state index < -0.39 is 47.0 Å². The first-order valence-electron chi connectivity index (χ1n) is 5.67. The molecule has 1 amide bonds. The first-order chi connectivity index (χ1) is 9.31. The molecule has 0 aliphatic carbocycles. The summed E-state index contributed by atoms with van der Waals surface area (Å²) < 4.78 is 39.8. The largest absolute Gasteiger partial charge is 0.480 e. The second-order valence-electron chi connectivity index (χ2n) is 4.45. The highest BCUT2D eigenvalue weighted by Gasteiger charge is 2.40. The van der Waals surface area contributed by atoms with Gasteiger partial charge in [0.2, 0.25) is 0 Å². The zero-order valence-electron chi connectivity index (χ0n) is 10.0. The van der Waals surface area contributed by atoms with Crippen LogP contribution < -0.4 is 0 Å². The summed E-state index contributed by atoms with van der Waals surface area (Å²) in [6.07, 6.45) is -1.32. The minimum absolute atomic E-state index is 0.231. The van der Waals surface area contributed by atoms with E-state index in [1.54, 1.807) is 0 Å². The second-order valence-corrected chi connectivity index (χ2v) is 4.45. The highest BCUT2D eigenvalue weighted by molar-refractivity contribution is 5.97. The summed E-state index contributed by atoms with van der Waals surface area (Å²) >= 11 is 0. The number of aliphatic hydroxyl groups excluding tert-OH is 1. The van der Waals surface area contributed by atoms with E-state index in [1.165, 1.54) is 0 Å². The van der Waals surface area contributed by atoms with Crippen LogP contribution in [0.25, 0.3) is 0 Å². The Hall–Kier alpha value is -2.09. The van der Waals surface area contributed by atoms with Crippen LogP contribution in [0.3, 0.4) is 0 Å². The van der Waals surface area contributed by atoms with E-state index in [0.717, 1.165) is 0 Å². The Bertz CT molecular complexity index is 555. The number of benzene rings is 1. The Morgan fingerprint density at radius 3 is 2.25 bits per heavy atom. The second kappa shape index (κ2) is 5.12.